The van der Waals surface area contributed by atoms with Crippen LogP contribution in [0.15, 0.2) is 24.3 Å². The number of amides is 1. The van der Waals surface area contributed by atoms with Crippen LogP contribution in [0.5, 0.6) is 0 Å². The van der Waals surface area contributed by atoms with Gasteiger partial charge in [0.1, 0.15) is 0 Å². The van der Waals surface area contributed by atoms with Gasteiger partial charge in [-0.3, -0.25) is 4.79 Å². The third-order valence-electron chi connectivity index (χ3n) is 3.58. The number of nitrogens with one attached hydrogen (secondary N) is 1. The van der Waals surface area contributed by atoms with Gasteiger partial charge in [0.25, 0.3) is 0 Å². The molecule has 7 heteroatoms. The summed E-state index contributed by atoms with van der Waals surface area (Å²) >= 11 is 0. The van der Waals surface area contributed by atoms with E-state index in [1.165, 1.54) is 4.90 Å². The second-order valence-electron chi connectivity index (χ2n) is 5.11. The van der Waals surface area contributed by atoms with Crippen LogP contribution >= 0.6 is 0 Å². The molecule has 21 heavy (non-hydrogen) atoms. The summed E-state index contributed by atoms with van der Waals surface area (Å²) < 4.78 is 22.9. The molecule has 0 bridgehead atoms. The summed E-state index contributed by atoms with van der Waals surface area (Å²) in [5.41, 5.74) is 1.21. The van der Waals surface area contributed by atoms with Gasteiger partial charge in [-0.1, -0.05) is 6.07 Å². The zero-order chi connectivity index (χ0) is 15.5. The van der Waals surface area contributed by atoms with Gasteiger partial charge in [0.15, 0.2) is 9.84 Å². The van der Waals surface area contributed by atoms with Gasteiger partial charge in [-0.15, -0.1) is 0 Å². The highest BCUT2D eigenvalue weighted by Crippen LogP contribution is 2.17. The van der Waals surface area contributed by atoms with E-state index in [1.807, 2.05) is 6.07 Å². The van der Waals surface area contributed by atoms with Gasteiger partial charge in [0, 0.05) is 18.8 Å². The highest BCUT2D eigenvalue weighted by atomic mass is 32.2. The lowest BCUT2D eigenvalue weighted by atomic mass is 10.2. The van der Waals surface area contributed by atoms with E-state index in [0.717, 1.165) is 0 Å². The standard InChI is InChI=1S/C14H17N3O3S/c1-17(13-5-6-21(19,20)10-13)14(18)9-16-12-4-2-3-11(7-12)8-15/h2-4,7,13,16H,5-6,9-10H2,1H3. The summed E-state index contributed by atoms with van der Waals surface area (Å²) in [6, 6.07) is 8.64. The number of carbonyl (C=O) groups excluding carboxylic acids is 1. The first-order chi connectivity index (χ1) is 9.91. The molecule has 0 aromatic heterocycles. The van der Waals surface area contributed by atoms with Gasteiger partial charge in [-0.25, -0.2) is 8.42 Å². The van der Waals surface area contributed by atoms with E-state index in [-0.39, 0.29) is 30.0 Å². The quantitative estimate of drug-likeness (QED) is 0.880. The first-order valence-electron chi connectivity index (χ1n) is 6.61. The Morgan fingerprint density at radius 1 is 1.52 bits per heavy atom. The molecule has 0 spiro atoms. The van der Waals surface area contributed by atoms with Crippen molar-refractivity contribution in [3.8, 4) is 6.07 Å². The van der Waals surface area contributed by atoms with Gasteiger partial charge >= 0.3 is 0 Å². The lowest BCUT2D eigenvalue weighted by Crippen LogP contribution is -2.40. The molecule has 1 heterocycles. The molecule has 0 radical (unpaired) electrons. The zero-order valence-electron chi connectivity index (χ0n) is 11.7. The number of sulfone groups is 1. The van der Waals surface area contributed by atoms with Gasteiger partial charge in [0.05, 0.1) is 29.7 Å². The Morgan fingerprint density at radius 3 is 2.90 bits per heavy atom. The molecule has 1 atom stereocenters. The van der Waals surface area contributed by atoms with Gasteiger partial charge in [-0.05, 0) is 24.6 Å². The van der Waals surface area contributed by atoms with Crippen LogP contribution < -0.4 is 5.32 Å². The molecule has 1 N–H and O–H groups in total. The lowest BCUT2D eigenvalue weighted by Gasteiger charge is -2.23. The van der Waals surface area contributed by atoms with E-state index in [0.29, 0.717) is 17.7 Å². The van der Waals surface area contributed by atoms with E-state index in [2.05, 4.69) is 5.32 Å². The summed E-state index contributed by atoms with van der Waals surface area (Å²) in [6.07, 6.45) is 0.495. The number of likely N-dealkylation sites (N-methyl/N-ethyl adjacent to an activating group) is 1. The number of nitrogens with zero attached hydrogens (tertiary/aromatic N) is 2. The van der Waals surface area contributed by atoms with Crippen molar-refractivity contribution in [2.75, 3.05) is 30.4 Å². The summed E-state index contributed by atoms with van der Waals surface area (Å²) in [7, 11) is -1.37. The molecule has 112 valence electrons. The van der Waals surface area contributed by atoms with Crippen molar-refractivity contribution >= 4 is 21.4 Å². The fourth-order valence-corrected chi connectivity index (χ4v) is 4.06. The van der Waals surface area contributed by atoms with E-state index in [9.17, 15) is 13.2 Å². The van der Waals surface area contributed by atoms with E-state index < -0.39 is 9.84 Å². The van der Waals surface area contributed by atoms with E-state index in [4.69, 9.17) is 5.26 Å². The fraction of sp³-hybridized carbons (Fsp3) is 0.429. The van der Waals surface area contributed by atoms with Crippen molar-refractivity contribution in [3.63, 3.8) is 0 Å². The Balaban J connectivity index is 1.91. The van der Waals surface area contributed by atoms with Crippen molar-refractivity contribution in [2.24, 2.45) is 0 Å². The summed E-state index contributed by atoms with van der Waals surface area (Å²) in [6.45, 7) is 0.0714. The Hall–Kier alpha value is -2.07. The first kappa shape index (κ1) is 15.3. The summed E-state index contributed by atoms with van der Waals surface area (Å²) in [5, 5.41) is 11.8. The molecule has 1 aliphatic rings. The third kappa shape index (κ3) is 3.95. The first-order valence-corrected chi connectivity index (χ1v) is 8.43. The number of carbonyl (C=O) groups is 1. The van der Waals surface area contributed by atoms with Crippen LogP contribution in [-0.2, 0) is 14.6 Å². The van der Waals surface area contributed by atoms with E-state index in [1.54, 1.807) is 31.3 Å². The molecule has 1 aromatic carbocycles. The highest BCUT2D eigenvalue weighted by molar-refractivity contribution is 7.91. The predicted octanol–water partition coefficient (Wildman–Crippen LogP) is 0.616. The van der Waals surface area contributed by atoms with Crippen molar-refractivity contribution in [1.29, 1.82) is 5.26 Å². The molecule has 0 aliphatic carbocycles. The highest BCUT2D eigenvalue weighted by Gasteiger charge is 2.32. The average molecular weight is 307 g/mol. The van der Waals surface area contributed by atoms with Crippen molar-refractivity contribution < 1.29 is 13.2 Å². The van der Waals surface area contributed by atoms with Crippen molar-refractivity contribution in [1.82, 2.24) is 4.90 Å². The molecule has 1 aliphatic heterocycles. The Labute approximate surface area is 124 Å². The Kier molecular flexibility index (Phi) is 4.48. The topological polar surface area (TPSA) is 90.3 Å². The van der Waals surface area contributed by atoms with Crippen LogP contribution in [0.1, 0.15) is 12.0 Å². The van der Waals surface area contributed by atoms with Crippen LogP contribution in [0.25, 0.3) is 0 Å². The van der Waals surface area contributed by atoms with E-state index >= 15 is 0 Å². The van der Waals surface area contributed by atoms with Crippen LogP contribution in [-0.4, -0.2) is 50.4 Å². The molecule has 1 amide bonds. The largest absolute Gasteiger partial charge is 0.376 e. The maximum Gasteiger partial charge on any atom is 0.241 e. The second kappa shape index (κ2) is 6.14. The van der Waals surface area contributed by atoms with Crippen molar-refractivity contribution in [3.05, 3.63) is 29.8 Å². The minimum absolute atomic E-state index is 0.0408. The minimum atomic E-state index is -3.00. The molecule has 1 saturated heterocycles. The number of anilines is 1. The summed E-state index contributed by atoms with van der Waals surface area (Å²) in [4.78, 5) is 13.6. The number of hydrogen-bond donors (Lipinski definition) is 1. The number of nitriles is 1. The third-order valence-corrected chi connectivity index (χ3v) is 5.34. The molecular weight excluding hydrogens is 290 g/mol. The van der Waals surface area contributed by atoms with Crippen molar-refractivity contribution in [2.45, 2.75) is 12.5 Å². The minimum Gasteiger partial charge on any atom is -0.376 e. The smallest absolute Gasteiger partial charge is 0.241 e. The lowest BCUT2D eigenvalue weighted by molar-refractivity contribution is -0.129. The molecule has 2 rings (SSSR count). The molecule has 6 nitrogen and oxygen atoms in total. The molecule has 0 saturated carbocycles. The normalized spacial score (nSPS) is 19.7. The second-order valence-corrected chi connectivity index (χ2v) is 7.34. The number of hydrogen-bond acceptors (Lipinski definition) is 5. The number of benzene rings is 1. The van der Waals surface area contributed by atoms with Crippen LogP contribution in [0.3, 0.4) is 0 Å². The molecular formula is C14H17N3O3S. The molecule has 1 fully saturated rings. The van der Waals surface area contributed by atoms with Crippen LogP contribution in [0, 0.1) is 11.3 Å². The fourth-order valence-electron chi connectivity index (χ4n) is 2.29. The SMILES string of the molecule is CN(C(=O)CNc1cccc(C#N)c1)C1CCS(=O)(=O)C1. The van der Waals surface area contributed by atoms with Gasteiger partial charge in [0.2, 0.25) is 5.91 Å². The molecule has 1 unspecified atom stereocenters. The Morgan fingerprint density at radius 2 is 2.29 bits per heavy atom. The summed E-state index contributed by atoms with van der Waals surface area (Å²) in [5.74, 6) is 0.0194. The zero-order valence-corrected chi connectivity index (χ0v) is 12.6. The van der Waals surface area contributed by atoms with Gasteiger partial charge < -0.3 is 10.2 Å². The maximum absolute atomic E-state index is 12.1. The maximum atomic E-state index is 12.1. The van der Waals surface area contributed by atoms with Crippen LogP contribution in [0.4, 0.5) is 5.69 Å². The molecule has 1 aromatic rings. The van der Waals surface area contributed by atoms with Gasteiger partial charge in [-0.2, -0.15) is 5.26 Å². The number of rotatable bonds is 4. The van der Waals surface area contributed by atoms with Crippen LogP contribution in [0.2, 0.25) is 0 Å². The Bertz CT molecular complexity index is 679. The predicted molar refractivity (Wildman–Crippen MR) is 79.5 cm³/mol. The average Bonchev–Trinajstić information content (AvgIpc) is 2.84. The monoisotopic (exact) mass is 307 g/mol.